The molecule has 0 radical (unpaired) electrons. The summed E-state index contributed by atoms with van der Waals surface area (Å²) in [5.74, 6) is 0.536. The third-order valence-corrected chi connectivity index (χ3v) is 2.99. The van der Waals surface area contributed by atoms with E-state index < -0.39 is 0 Å². The summed E-state index contributed by atoms with van der Waals surface area (Å²) in [5, 5.41) is 12.5. The molecule has 0 fully saturated rings. The van der Waals surface area contributed by atoms with Gasteiger partial charge in [0.25, 0.3) is 0 Å². The summed E-state index contributed by atoms with van der Waals surface area (Å²) < 4.78 is 6.62. The van der Waals surface area contributed by atoms with Crippen LogP contribution in [0.2, 0.25) is 5.02 Å². The smallest absolute Gasteiger partial charge is 0.190 e. The van der Waals surface area contributed by atoms with E-state index in [1.165, 1.54) is 11.6 Å². The minimum Gasteiger partial charge on any atom is -0.495 e. The Morgan fingerprint density at radius 2 is 2.22 bits per heavy atom. The Kier molecular flexibility index (Phi) is 2.38. The molecule has 2 aromatic heterocycles. The summed E-state index contributed by atoms with van der Waals surface area (Å²) in [6.07, 6.45) is 0.715. The molecule has 0 bridgehead atoms. The number of rotatable bonds is 2. The van der Waals surface area contributed by atoms with Crippen molar-refractivity contribution in [3.8, 4) is 5.75 Å². The van der Waals surface area contributed by atoms with Crippen molar-refractivity contribution < 1.29 is 9.53 Å². The summed E-state index contributed by atoms with van der Waals surface area (Å²) >= 11 is 6.07. The standard InChI is InChI=1S/C11H7ClN4O2/c1-18-10-3-6-2-7(5-17)11-13-14-15-16(11)9(6)4-8(10)12/h2-5H,1H3. The molecule has 0 N–H and O–H groups in total. The Balaban J connectivity index is 2.50. The molecule has 0 saturated carbocycles. The first-order valence-corrected chi connectivity index (χ1v) is 5.46. The van der Waals surface area contributed by atoms with E-state index in [9.17, 15) is 4.79 Å². The summed E-state index contributed by atoms with van der Waals surface area (Å²) in [5.41, 5.74) is 1.53. The number of nitrogens with zero attached hydrogens (tertiary/aromatic N) is 4. The van der Waals surface area contributed by atoms with Crippen LogP contribution in [0.1, 0.15) is 10.4 Å². The summed E-state index contributed by atoms with van der Waals surface area (Å²) in [4.78, 5) is 11.0. The van der Waals surface area contributed by atoms with Gasteiger partial charge in [-0.15, -0.1) is 5.10 Å². The van der Waals surface area contributed by atoms with E-state index in [2.05, 4.69) is 15.5 Å². The van der Waals surface area contributed by atoms with Gasteiger partial charge in [-0.2, -0.15) is 4.52 Å². The number of aromatic nitrogens is 4. The SMILES string of the molecule is COc1cc2cc(C=O)c3nnnn3c2cc1Cl. The van der Waals surface area contributed by atoms with Crippen LogP contribution in [0, 0.1) is 0 Å². The molecule has 0 saturated heterocycles. The summed E-state index contributed by atoms with van der Waals surface area (Å²) in [6.45, 7) is 0. The molecule has 0 atom stereocenters. The lowest BCUT2D eigenvalue weighted by Crippen LogP contribution is -1.96. The number of carbonyl (C=O) groups excluding carboxylic acids is 1. The molecule has 0 aliphatic carbocycles. The second-order valence-corrected chi connectivity index (χ2v) is 4.08. The largest absolute Gasteiger partial charge is 0.495 e. The topological polar surface area (TPSA) is 69.4 Å². The molecule has 90 valence electrons. The van der Waals surface area contributed by atoms with Crippen LogP contribution in [-0.2, 0) is 0 Å². The highest BCUT2D eigenvalue weighted by atomic mass is 35.5. The highest BCUT2D eigenvalue weighted by Gasteiger charge is 2.12. The van der Waals surface area contributed by atoms with E-state index in [1.807, 2.05) is 0 Å². The zero-order chi connectivity index (χ0) is 12.7. The molecule has 3 aromatic rings. The summed E-state index contributed by atoms with van der Waals surface area (Å²) in [7, 11) is 1.53. The zero-order valence-electron chi connectivity index (χ0n) is 9.29. The molecular formula is C11H7ClN4O2. The fraction of sp³-hybridized carbons (Fsp3) is 0.0909. The average molecular weight is 263 g/mol. The number of fused-ring (bicyclic) bond motifs is 3. The van der Waals surface area contributed by atoms with Crippen molar-refractivity contribution in [2.75, 3.05) is 7.11 Å². The lowest BCUT2D eigenvalue weighted by Gasteiger charge is -2.07. The quantitative estimate of drug-likeness (QED) is 0.658. The van der Waals surface area contributed by atoms with Gasteiger partial charge in [-0.05, 0) is 28.6 Å². The van der Waals surface area contributed by atoms with E-state index in [-0.39, 0.29) is 0 Å². The molecule has 0 aliphatic rings. The molecule has 1 aromatic carbocycles. The number of methoxy groups -OCH3 is 1. The molecule has 0 amide bonds. The maximum atomic E-state index is 11.0. The van der Waals surface area contributed by atoms with Crippen molar-refractivity contribution in [1.29, 1.82) is 0 Å². The molecule has 2 heterocycles. The molecule has 18 heavy (non-hydrogen) atoms. The Morgan fingerprint density at radius 1 is 1.39 bits per heavy atom. The van der Waals surface area contributed by atoms with Gasteiger partial charge in [0.1, 0.15) is 5.75 Å². The highest BCUT2D eigenvalue weighted by molar-refractivity contribution is 6.32. The molecular weight excluding hydrogens is 256 g/mol. The van der Waals surface area contributed by atoms with Crippen LogP contribution < -0.4 is 4.74 Å². The number of carbonyl (C=O) groups is 1. The number of hydrogen-bond donors (Lipinski definition) is 0. The van der Waals surface area contributed by atoms with E-state index in [4.69, 9.17) is 16.3 Å². The van der Waals surface area contributed by atoms with Gasteiger partial charge in [-0.25, -0.2) is 0 Å². The van der Waals surface area contributed by atoms with Gasteiger partial charge in [0.05, 0.1) is 23.2 Å². The van der Waals surface area contributed by atoms with E-state index in [0.29, 0.717) is 33.8 Å². The first-order chi connectivity index (χ1) is 8.74. The molecule has 7 heteroatoms. The first-order valence-electron chi connectivity index (χ1n) is 5.08. The van der Waals surface area contributed by atoms with Crippen molar-refractivity contribution in [1.82, 2.24) is 20.0 Å². The predicted octanol–water partition coefficient (Wildman–Crippen LogP) is 1.75. The van der Waals surface area contributed by atoms with Crippen molar-refractivity contribution >= 4 is 34.4 Å². The number of halogens is 1. The Morgan fingerprint density at radius 3 is 2.94 bits per heavy atom. The van der Waals surface area contributed by atoms with Crippen LogP contribution in [0.25, 0.3) is 16.6 Å². The Hall–Kier alpha value is -2.21. The zero-order valence-corrected chi connectivity index (χ0v) is 10.0. The van der Waals surface area contributed by atoms with Crippen LogP contribution >= 0.6 is 11.6 Å². The first kappa shape index (κ1) is 10.9. The second kappa shape index (κ2) is 3.92. The van der Waals surface area contributed by atoms with Gasteiger partial charge in [0.15, 0.2) is 11.9 Å². The maximum Gasteiger partial charge on any atom is 0.190 e. The van der Waals surface area contributed by atoms with Crippen molar-refractivity contribution in [2.45, 2.75) is 0 Å². The number of ether oxygens (including phenoxy) is 1. The van der Waals surface area contributed by atoms with E-state index >= 15 is 0 Å². The van der Waals surface area contributed by atoms with E-state index in [0.717, 1.165) is 5.39 Å². The lowest BCUT2D eigenvalue weighted by atomic mass is 10.1. The van der Waals surface area contributed by atoms with E-state index in [1.54, 1.807) is 18.2 Å². The predicted molar refractivity (Wildman–Crippen MR) is 65.2 cm³/mol. The molecule has 0 unspecified atom stereocenters. The van der Waals surface area contributed by atoms with Crippen molar-refractivity contribution in [3.05, 3.63) is 28.8 Å². The number of aldehydes is 1. The normalized spacial score (nSPS) is 11.0. The number of tetrazole rings is 1. The Bertz CT molecular complexity index is 768. The highest BCUT2D eigenvalue weighted by Crippen LogP contribution is 2.30. The Labute approximate surface area is 106 Å². The summed E-state index contributed by atoms with van der Waals surface area (Å²) in [6, 6.07) is 5.15. The fourth-order valence-electron chi connectivity index (χ4n) is 1.86. The van der Waals surface area contributed by atoms with Gasteiger partial charge in [0, 0.05) is 5.39 Å². The van der Waals surface area contributed by atoms with Gasteiger partial charge in [-0.3, -0.25) is 4.79 Å². The third-order valence-electron chi connectivity index (χ3n) is 2.69. The number of benzene rings is 1. The van der Waals surface area contributed by atoms with Crippen LogP contribution in [0.3, 0.4) is 0 Å². The molecule has 6 nitrogen and oxygen atoms in total. The van der Waals surface area contributed by atoms with Crippen molar-refractivity contribution in [2.24, 2.45) is 0 Å². The van der Waals surface area contributed by atoms with Crippen LogP contribution in [0.5, 0.6) is 5.75 Å². The van der Waals surface area contributed by atoms with Gasteiger partial charge < -0.3 is 4.74 Å². The molecule has 0 aliphatic heterocycles. The minimum atomic E-state index is 0.402. The fourth-order valence-corrected chi connectivity index (χ4v) is 2.10. The maximum absolute atomic E-state index is 11.0. The third kappa shape index (κ3) is 1.42. The average Bonchev–Trinajstić information content (AvgIpc) is 2.87. The number of hydrogen-bond acceptors (Lipinski definition) is 5. The van der Waals surface area contributed by atoms with Crippen molar-refractivity contribution in [3.63, 3.8) is 0 Å². The molecule has 0 spiro atoms. The molecule has 3 rings (SSSR count). The van der Waals surface area contributed by atoms with Crippen LogP contribution in [-0.4, -0.2) is 33.4 Å². The van der Waals surface area contributed by atoms with Gasteiger partial charge >= 0.3 is 0 Å². The minimum absolute atomic E-state index is 0.402. The number of pyridine rings is 1. The van der Waals surface area contributed by atoms with Crippen LogP contribution in [0.4, 0.5) is 0 Å². The van der Waals surface area contributed by atoms with Crippen LogP contribution in [0.15, 0.2) is 18.2 Å². The lowest BCUT2D eigenvalue weighted by molar-refractivity contribution is 0.112. The van der Waals surface area contributed by atoms with Gasteiger partial charge in [0.2, 0.25) is 0 Å². The second-order valence-electron chi connectivity index (χ2n) is 3.68. The van der Waals surface area contributed by atoms with Gasteiger partial charge in [-0.1, -0.05) is 11.6 Å². The monoisotopic (exact) mass is 262 g/mol.